The minimum atomic E-state index is -2.05. The van der Waals surface area contributed by atoms with E-state index in [9.17, 15) is 73.2 Å². The van der Waals surface area contributed by atoms with Gasteiger partial charge >= 0.3 is 17.9 Å². The van der Waals surface area contributed by atoms with Gasteiger partial charge in [-0.15, -0.1) is 0 Å². The number of carboxylic acid groups (broad SMARTS) is 3. The van der Waals surface area contributed by atoms with Gasteiger partial charge in [0.1, 0.15) is 36.3 Å². The van der Waals surface area contributed by atoms with E-state index in [1.54, 1.807) is 13.8 Å². The number of amides is 8. The number of unbranched alkanes of at least 4 members (excludes halogenated alkanes) is 1. The lowest BCUT2D eigenvalue weighted by Gasteiger charge is -2.27. The molecule has 25 nitrogen and oxygen atoms in total. The number of nitrogens with one attached hydrogen (secondary N) is 6. The van der Waals surface area contributed by atoms with Crippen molar-refractivity contribution in [3.8, 4) is 0 Å². The van der Waals surface area contributed by atoms with Gasteiger partial charge in [-0.3, -0.25) is 47.9 Å². The monoisotopic (exact) mass is 818 g/mol. The molecule has 0 aliphatic carbocycles. The molecule has 0 fully saturated rings. The second-order valence-electron chi connectivity index (χ2n) is 13.0. The predicted octanol–water partition coefficient (Wildman–Crippen LogP) is -6.44. The Balaban J connectivity index is 6.30. The van der Waals surface area contributed by atoms with Gasteiger partial charge in [0, 0.05) is 6.42 Å². The second-order valence-corrected chi connectivity index (χ2v) is 13.0. The molecule has 0 saturated heterocycles. The van der Waals surface area contributed by atoms with E-state index in [2.05, 4.69) is 16.0 Å². The minimum absolute atomic E-state index is 0.0582. The van der Waals surface area contributed by atoms with Crippen molar-refractivity contribution in [2.75, 3.05) is 13.2 Å². The topological polar surface area (TPSA) is 445 Å². The zero-order chi connectivity index (χ0) is 44.0. The lowest BCUT2D eigenvalue weighted by molar-refractivity contribution is -0.144. The van der Waals surface area contributed by atoms with Crippen LogP contribution in [0.4, 0.5) is 0 Å². The first-order valence-electron chi connectivity index (χ1n) is 17.7. The number of nitrogens with two attached hydrogens (primary N) is 4. The number of hydrogen-bond donors (Lipinski definition) is 14. The van der Waals surface area contributed by atoms with Gasteiger partial charge in [-0.2, -0.15) is 0 Å². The molecule has 57 heavy (non-hydrogen) atoms. The fraction of sp³-hybridized carbons (Fsp3) is 0.656. The molecule has 0 aliphatic rings. The smallest absolute Gasteiger partial charge is 0.326 e. The molecule has 0 heterocycles. The third-order valence-corrected chi connectivity index (χ3v) is 8.26. The van der Waals surface area contributed by atoms with E-state index < -0.39 is 152 Å². The molecule has 8 amide bonds. The van der Waals surface area contributed by atoms with E-state index in [0.29, 0.717) is 12.8 Å². The molecule has 0 saturated carbocycles. The van der Waals surface area contributed by atoms with Crippen molar-refractivity contribution in [2.24, 2.45) is 28.9 Å². The molecule has 0 radical (unpaired) electrons. The largest absolute Gasteiger partial charge is 0.481 e. The zero-order valence-electron chi connectivity index (χ0n) is 31.5. The fourth-order valence-corrected chi connectivity index (χ4v) is 4.90. The number of rotatable bonds is 29. The molecule has 18 N–H and O–H groups in total. The highest BCUT2D eigenvalue weighted by atomic mass is 16.4. The maximum atomic E-state index is 13.5. The van der Waals surface area contributed by atoms with Gasteiger partial charge in [-0.25, -0.2) is 4.79 Å². The molecule has 0 unspecified atom stereocenters. The lowest BCUT2D eigenvalue weighted by Crippen LogP contribution is -2.61. The first-order valence-corrected chi connectivity index (χ1v) is 17.7. The van der Waals surface area contributed by atoms with Crippen LogP contribution in [-0.2, 0) is 52.7 Å². The average Bonchev–Trinajstić information content (AvgIpc) is 3.11. The molecule has 322 valence electrons. The number of aliphatic carboxylic acids is 3. The van der Waals surface area contributed by atoms with Gasteiger partial charge in [0.25, 0.3) is 0 Å². The summed E-state index contributed by atoms with van der Waals surface area (Å²) in [6, 6.07) is -11.9. The zero-order valence-corrected chi connectivity index (χ0v) is 31.5. The Hall–Kier alpha value is -5.95. The van der Waals surface area contributed by atoms with Crippen LogP contribution >= 0.6 is 0 Å². The van der Waals surface area contributed by atoms with E-state index in [0.717, 1.165) is 0 Å². The summed E-state index contributed by atoms with van der Waals surface area (Å²) in [5.41, 5.74) is 21.2. The molecule has 0 aliphatic heterocycles. The van der Waals surface area contributed by atoms with Crippen molar-refractivity contribution < 1.29 is 73.2 Å². The van der Waals surface area contributed by atoms with Gasteiger partial charge in [0.05, 0.1) is 31.9 Å². The van der Waals surface area contributed by atoms with Crippen LogP contribution < -0.4 is 54.8 Å². The number of primary amides is 2. The van der Waals surface area contributed by atoms with Crippen molar-refractivity contribution in [1.29, 1.82) is 0 Å². The van der Waals surface area contributed by atoms with Gasteiger partial charge in [-0.1, -0.05) is 20.3 Å². The number of carboxylic acids is 3. The summed E-state index contributed by atoms with van der Waals surface area (Å²) >= 11 is 0. The van der Waals surface area contributed by atoms with Gasteiger partial charge < -0.3 is 75.3 Å². The standard InChI is InChI=1S/C32H54N10O15/c1-3-14(2)25(32(56)57)42-28(52)16(6-4-5-9-33)37-27(51)17(7-8-23(46)47)38-30(54)19(12-24(48)49)40-31(55)20(13-43)41-29(53)18(11-22(36)45)39-26(50)15(34)10-21(35)44/h14-20,25,43H,3-13,33-34H2,1-2H3,(H2,35,44)(H2,36,45)(H,37,51)(H,38,54)(H,39,50)(H,40,55)(H,41,53)(H,42,52)(H,46,47)(H,48,49)(H,56,57)/t14-,15-,16-,17-,18-,19-,20-,25-/m0/s1. The summed E-state index contributed by atoms with van der Waals surface area (Å²) in [5.74, 6) is -14.3. The first kappa shape index (κ1) is 51.0. The highest BCUT2D eigenvalue weighted by molar-refractivity contribution is 5.99. The highest BCUT2D eigenvalue weighted by Gasteiger charge is 2.35. The van der Waals surface area contributed by atoms with Gasteiger partial charge in [-0.05, 0) is 38.1 Å². The van der Waals surface area contributed by atoms with Crippen molar-refractivity contribution >= 4 is 65.2 Å². The van der Waals surface area contributed by atoms with E-state index in [1.807, 2.05) is 16.0 Å². The summed E-state index contributed by atoms with van der Waals surface area (Å²) in [6.07, 6.45) is -3.05. The Morgan fingerprint density at radius 3 is 1.46 bits per heavy atom. The number of hydrogen-bond acceptors (Lipinski definition) is 14. The van der Waals surface area contributed by atoms with Crippen LogP contribution in [0.5, 0.6) is 0 Å². The quantitative estimate of drug-likeness (QED) is 0.0312. The summed E-state index contributed by atoms with van der Waals surface area (Å²) in [4.78, 5) is 136. The molecule has 0 bridgehead atoms. The van der Waals surface area contributed by atoms with Gasteiger partial charge in [0.2, 0.25) is 47.3 Å². The molecule has 0 aromatic carbocycles. The van der Waals surface area contributed by atoms with Crippen LogP contribution in [0.2, 0.25) is 0 Å². The van der Waals surface area contributed by atoms with Gasteiger partial charge in [0.15, 0.2) is 0 Å². The van der Waals surface area contributed by atoms with Crippen molar-refractivity contribution in [1.82, 2.24) is 31.9 Å². The van der Waals surface area contributed by atoms with Crippen LogP contribution in [0.3, 0.4) is 0 Å². The highest BCUT2D eigenvalue weighted by Crippen LogP contribution is 2.11. The third-order valence-electron chi connectivity index (χ3n) is 8.26. The Morgan fingerprint density at radius 2 is 1.00 bits per heavy atom. The summed E-state index contributed by atoms with van der Waals surface area (Å²) < 4.78 is 0. The van der Waals surface area contributed by atoms with Crippen LogP contribution in [-0.4, -0.2) is 141 Å². The number of aliphatic hydroxyl groups excluding tert-OH is 1. The fourth-order valence-electron chi connectivity index (χ4n) is 4.90. The molecule has 8 atom stereocenters. The molecule has 0 spiro atoms. The molecular formula is C32H54N10O15. The first-order chi connectivity index (χ1) is 26.6. The predicted molar refractivity (Wildman–Crippen MR) is 193 cm³/mol. The molecule has 25 heteroatoms. The number of carbonyl (C=O) groups excluding carboxylic acids is 8. The average molecular weight is 819 g/mol. The van der Waals surface area contributed by atoms with Crippen molar-refractivity contribution in [2.45, 2.75) is 114 Å². The second kappa shape index (κ2) is 26.0. The molecule has 0 aromatic heterocycles. The molecular weight excluding hydrogens is 764 g/mol. The third kappa shape index (κ3) is 20.0. The van der Waals surface area contributed by atoms with Crippen LogP contribution in [0.1, 0.15) is 71.6 Å². The van der Waals surface area contributed by atoms with Crippen molar-refractivity contribution in [3.05, 3.63) is 0 Å². The number of aliphatic hydroxyl groups is 1. The van der Waals surface area contributed by atoms with Crippen LogP contribution in [0.15, 0.2) is 0 Å². The Bertz CT molecular complexity index is 1480. The van der Waals surface area contributed by atoms with E-state index >= 15 is 0 Å². The maximum absolute atomic E-state index is 13.5. The Kier molecular flexibility index (Phi) is 23.3. The summed E-state index contributed by atoms with van der Waals surface area (Å²) in [6.45, 7) is 2.28. The molecule has 0 rings (SSSR count). The van der Waals surface area contributed by atoms with E-state index in [-0.39, 0.29) is 19.4 Å². The minimum Gasteiger partial charge on any atom is -0.481 e. The van der Waals surface area contributed by atoms with Crippen molar-refractivity contribution in [3.63, 3.8) is 0 Å². The normalized spacial score (nSPS) is 15.0. The van der Waals surface area contributed by atoms with Crippen LogP contribution in [0, 0.1) is 5.92 Å². The summed E-state index contributed by atoms with van der Waals surface area (Å²) in [7, 11) is 0. The lowest BCUT2D eigenvalue weighted by atomic mass is 9.98. The number of carbonyl (C=O) groups is 11. The SMILES string of the molecule is CC[C@H](C)[C@H](NC(=O)[C@H](CCCCN)NC(=O)[C@H](CCC(=O)O)NC(=O)[C@H](CC(=O)O)NC(=O)[C@H](CO)NC(=O)[C@H](CC(N)=O)NC(=O)[C@@H](N)CC(N)=O)C(=O)O. The Labute approximate surface area is 326 Å². The van der Waals surface area contributed by atoms with E-state index in [1.165, 1.54) is 0 Å². The Morgan fingerprint density at radius 1 is 0.561 bits per heavy atom. The summed E-state index contributed by atoms with van der Waals surface area (Å²) in [5, 5.41) is 51.1. The van der Waals surface area contributed by atoms with E-state index in [4.69, 9.17) is 22.9 Å². The van der Waals surface area contributed by atoms with Crippen LogP contribution in [0.25, 0.3) is 0 Å². The molecule has 0 aromatic rings. The maximum Gasteiger partial charge on any atom is 0.326 e.